The van der Waals surface area contributed by atoms with E-state index in [4.69, 9.17) is 16.3 Å². The van der Waals surface area contributed by atoms with Crippen LogP contribution in [0.1, 0.15) is 12.8 Å². The Kier molecular flexibility index (Phi) is 6.75. The summed E-state index contributed by atoms with van der Waals surface area (Å²) in [6.07, 6.45) is 2.12. The van der Waals surface area contributed by atoms with Crippen molar-refractivity contribution in [2.75, 3.05) is 50.8 Å². The predicted molar refractivity (Wildman–Crippen MR) is 117 cm³/mol. The molecule has 2 aromatic carbocycles. The highest BCUT2D eigenvalue weighted by atomic mass is 35.5. The molecule has 2 saturated heterocycles. The molecule has 1 atom stereocenters. The van der Waals surface area contributed by atoms with E-state index in [-0.39, 0.29) is 18.3 Å². The Hall–Kier alpha value is -2.31. The monoisotopic (exact) mass is 431 g/mol. The second-order valence-electron chi connectivity index (χ2n) is 7.88. The highest BCUT2D eigenvalue weighted by molar-refractivity contribution is 6.30. The van der Waals surface area contributed by atoms with E-state index in [0.717, 1.165) is 57.8 Å². The number of ether oxygens (including phenoxy) is 1. The molecule has 1 unspecified atom stereocenters. The van der Waals surface area contributed by atoms with E-state index in [1.54, 1.807) is 24.3 Å². The van der Waals surface area contributed by atoms with Gasteiger partial charge >= 0.3 is 0 Å². The van der Waals surface area contributed by atoms with Crippen LogP contribution in [0.15, 0.2) is 48.5 Å². The van der Waals surface area contributed by atoms with Gasteiger partial charge in [0.25, 0.3) is 5.91 Å². The van der Waals surface area contributed by atoms with Gasteiger partial charge in [-0.1, -0.05) is 11.6 Å². The van der Waals surface area contributed by atoms with E-state index in [0.29, 0.717) is 16.8 Å². The summed E-state index contributed by atoms with van der Waals surface area (Å²) in [7, 11) is 0. The van der Waals surface area contributed by atoms with E-state index in [1.807, 2.05) is 17.0 Å². The van der Waals surface area contributed by atoms with E-state index in [2.05, 4.69) is 9.80 Å². The summed E-state index contributed by atoms with van der Waals surface area (Å²) in [5.41, 5.74) is 1.07. The molecule has 0 saturated carbocycles. The van der Waals surface area contributed by atoms with Crippen LogP contribution in [0, 0.1) is 5.82 Å². The summed E-state index contributed by atoms with van der Waals surface area (Å²) in [5.74, 6) is 0.474. The second-order valence-corrected chi connectivity index (χ2v) is 8.31. The van der Waals surface area contributed by atoms with Gasteiger partial charge in [0.05, 0.1) is 0 Å². The Morgan fingerprint density at radius 2 is 1.70 bits per heavy atom. The van der Waals surface area contributed by atoms with Crippen LogP contribution >= 0.6 is 11.6 Å². The maximum atomic E-state index is 13.2. The lowest BCUT2D eigenvalue weighted by Gasteiger charge is -2.44. The Balaban J connectivity index is 1.26. The molecule has 160 valence electrons. The van der Waals surface area contributed by atoms with Gasteiger partial charge < -0.3 is 14.5 Å². The van der Waals surface area contributed by atoms with Gasteiger partial charge in [0.2, 0.25) is 0 Å². The minimum atomic E-state index is -0.204. The SMILES string of the molecule is O=C(COc1ccc(Cl)cc1)N1CCCC(N2CCN(c3ccc(F)cc3)CC2)C1. The van der Waals surface area contributed by atoms with Gasteiger partial charge in [0, 0.05) is 56.0 Å². The lowest BCUT2D eigenvalue weighted by Crippen LogP contribution is -2.56. The van der Waals surface area contributed by atoms with Gasteiger partial charge in [-0.3, -0.25) is 9.69 Å². The number of carbonyl (C=O) groups excluding carboxylic acids is 1. The van der Waals surface area contributed by atoms with Crippen molar-refractivity contribution in [1.82, 2.24) is 9.80 Å². The normalized spacial score (nSPS) is 20.3. The highest BCUT2D eigenvalue weighted by Crippen LogP contribution is 2.22. The van der Waals surface area contributed by atoms with Crippen LogP contribution in [0.4, 0.5) is 10.1 Å². The Bertz CT molecular complexity index is 839. The summed E-state index contributed by atoms with van der Waals surface area (Å²) in [5, 5.41) is 0.645. The first-order valence-electron chi connectivity index (χ1n) is 10.5. The van der Waals surface area contributed by atoms with Crippen LogP contribution in [-0.2, 0) is 4.79 Å². The molecule has 5 nitrogen and oxygen atoms in total. The summed E-state index contributed by atoms with van der Waals surface area (Å²) in [6.45, 7) is 5.31. The van der Waals surface area contributed by atoms with E-state index >= 15 is 0 Å². The molecule has 2 heterocycles. The summed E-state index contributed by atoms with van der Waals surface area (Å²) in [6, 6.07) is 14.1. The first-order valence-corrected chi connectivity index (χ1v) is 10.9. The third-order valence-electron chi connectivity index (χ3n) is 5.95. The Labute approximate surface area is 182 Å². The Morgan fingerprint density at radius 1 is 1.00 bits per heavy atom. The number of piperazine rings is 1. The predicted octanol–water partition coefficient (Wildman–Crippen LogP) is 3.67. The summed E-state index contributed by atoms with van der Waals surface area (Å²) in [4.78, 5) is 19.4. The van der Waals surface area contributed by atoms with Crippen LogP contribution in [0.3, 0.4) is 0 Å². The van der Waals surface area contributed by atoms with Crippen molar-refractivity contribution in [3.8, 4) is 5.75 Å². The molecule has 0 spiro atoms. The smallest absolute Gasteiger partial charge is 0.260 e. The van der Waals surface area contributed by atoms with Gasteiger partial charge in [0.15, 0.2) is 6.61 Å². The maximum absolute atomic E-state index is 13.2. The molecule has 2 aliphatic rings. The van der Waals surface area contributed by atoms with Crippen molar-refractivity contribution in [3.63, 3.8) is 0 Å². The molecule has 2 aromatic rings. The molecule has 2 fully saturated rings. The fraction of sp³-hybridized carbons (Fsp3) is 0.435. The molecule has 30 heavy (non-hydrogen) atoms. The zero-order valence-corrected chi connectivity index (χ0v) is 17.7. The van der Waals surface area contributed by atoms with Gasteiger partial charge in [-0.25, -0.2) is 4.39 Å². The van der Waals surface area contributed by atoms with Crippen LogP contribution in [-0.4, -0.2) is 67.6 Å². The number of anilines is 1. The van der Waals surface area contributed by atoms with Crippen LogP contribution in [0.2, 0.25) is 5.02 Å². The fourth-order valence-corrected chi connectivity index (χ4v) is 4.37. The molecule has 0 bridgehead atoms. The molecule has 4 rings (SSSR count). The van der Waals surface area contributed by atoms with Gasteiger partial charge in [-0.15, -0.1) is 0 Å². The third-order valence-corrected chi connectivity index (χ3v) is 6.20. The molecule has 0 N–H and O–H groups in total. The summed E-state index contributed by atoms with van der Waals surface area (Å²) < 4.78 is 18.8. The first kappa shape index (κ1) is 20.9. The van der Waals surface area contributed by atoms with Gasteiger partial charge in [-0.05, 0) is 61.4 Å². The number of carbonyl (C=O) groups is 1. The lowest BCUT2D eigenvalue weighted by atomic mass is 10.0. The fourth-order valence-electron chi connectivity index (χ4n) is 4.24. The molecule has 2 aliphatic heterocycles. The van der Waals surface area contributed by atoms with E-state index < -0.39 is 0 Å². The zero-order valence-electron chi connectivity index (χ0n) is 17.0. The van der Waals surface area contributed by atoms with E-state index in [9.17, 15) is 9.18 Å². The number of hydrogen-bond acceptors (Lipinski definition) is 4. The number of halogens is 2. The summed E-state index contributed by atoms with van der Waals surface area (Å²) >= 11 is 5.88. The van der Waals surface area contributed by atoms with Crippen molar-refractivity contribution in [3.05, 3.63) is 59.4 Å². The number of rotatable bonds is 5. The number of amides is 1. The molecule has 7 heteroatoms. The Morgan fingerprint density at radius 3 is 2.40 bits per heavy atom. The van der Waals surface area contributed by atoms with Crippen molar-refractivity contribution in [2.24, 2.45) is 0 Å². The quantitative estimate of drug-likeness (QED) is 0.723. The highest BCUT2D eigenvalue weighted by Gasteiger charge is 2.30. The number of benzene rings is 2. The number of likely N-dealkylation sites (tertiary alicyclic amines) is 1. The van der Waals surface area contributed by atoms with Crippen molar-refractivity contribution < 1.29 is 13.9 Å². The van der Waals surface area contributed by atoms with Crippen LogP contribution in [0.5, 0.6) is 5.75 Å². The molecule has 1 amide bonds. The molecular formula is C23H27ClFN3O2. The average Bonchev–Trinajstić information content (AvgIpc) is 2.79. The molecule has 0 radical (unpaired) electrons. The van der Waals surface area contributed by atoms with E-state index in [1.165, 1.54) is 12.1 Å². The molecule has 0 aliphatic carbocycles. The minimum Gasteiger partial charge on any atom is -0.484 e. The standard InChI is InChI=1S/C23H27ClFN3O2/c24-18-3-9-22(10-4-18)30-17-23(29)28-11-1-2-21(16-28)27-14-12-26(13-15-27)20-7-5-19(25)6-8-20/h3-10,21H,1-2,11-17H2. The third kappa shape index (κ3) is 5.24. The zero-order chi connectivity index (χ0) is 20.9. The van der Waals surface area contributed by atoms with Crippen molar-refractivity contribution in [2.45, 2.75) is 18.9 Å². The van der Waals surface area contributed by atoms with Crippen LogP contribution in [0.25, 0.3) is 0 Å². The second kappa shape index (κ2) is 9.67. The number of nitrogens with zero attached hydrogens (tertiary/aromatic N) is 3. The lowest BCUT2D eigenvalue weighted by molar-refractivity contribution is -0.135. The van der Waals surface area contributed by atoms with Crippen molar-refractivity contribution in [1.29, 1.82) is 0 Å². The minimum absolute atomic E-state index is 0.0274. The van der Waals surface area contributed by atoms with Gasteiger partial charge in [-0.2, -0.15) is 0 Å². The maximum Gasteiger partial charge on any atom is 0.260 e. The molecule has 0 aromatic heterocycles. The first-order chi connectivity index (χ1) is 14.6. The topological polar surface area (TPSA) is 36.0 Å². The number of hydrogen-bond donors (Lipinski definition) is 0. The molecular weight excluding hydrogens is 405 g/mol. The van der Waals surface area contributed by atoms with Crippen LogP contribution < -0.4 is 9.64 Å². The average molecular weight is 432 g/mol. The largest absolute Gasteiger partial charge is 0.484 e. The van der Waals surface area contributed by atoms with Gasteiger partial charge in [0.1, 0.15) is 11.6 Å². The number of piperidine rings is 1. The van der Waals surface area contributed by atoms with Crippen molar-refractivity contribution >= 4 is 23.2 Å².